The number of nitrogens with one attached hydrogen (secondary N) is 1. The molecule has 1 aromatic carbocycles. The van der Waals surface area contributed by atoms with Crippen LogP contribution in [0.3, 0.4) is 0 Å². The number of aliphatic imine (C=N–C) groups is 1. The lowest BCUT2D eigenvalue weighted by molar-refractivity contribution is 0.100. The fourth-order valence-electron chi connectivity index (χ4n) is 4.58. The minimum absolute atomic E-state index is 0. The van der Waals surface area contributed by atoms with Crippen LogP contribution in [0.1, 0.15) is 67.3 Å². The molecule has 3 rings (SSSR count). The van der Waals surface area contributed by atoms with Crippen molar-refractivity contribution in [2.45, 2.75) is 57.9 Å². The van der Waals surface area contributed by atoms with Gasteiger partial charge in [-0.1, -0.05) is 37.8 Å². The number of rotatable bonds is 3. The van der Waals surface area contributed by atoms with Crippen LogP contribution in [-0.4, -0.2) is 36.9 Å². The Labute approximate surface area is 180 Å². The molecule has 5 nitrogen and oxygen atoms in total. The number of guanidine groups is 1. The van der Waals surface area contributed by atoms with Crippen LogP contribution in [0.4, 0.5) is 0 Å². The molecule has 2 aliphatic rings. The van der Waals surface area contributed by atoms with Gasteiger partial charge in [0.2, 0.25) is 5.91 Å². The zero-order chi connectivity index (χ0) is 18.4. The SMILES string of the molecule is CN=C(NCc1ccc(C(N)=O)cc1)N1CCCC2(CCCCCC2)C1.I. The number of nitrogens with zero attached hydrogens (tertiary/aromatic N) is 2. The molecule has 0 bridgehead atoms. The van der Waals surface area contributed by atoms with Crippen molar-refractivity contribution in [2.75, 3.05) is 20.1 Å². The van der Waals surface area contributed by atoms with E-state index in [1.165, 1.54) is 51.4 Å². The van der Waals surface area contributed by atoms with E-state index in [9.17, 15) is 4.79 Å². The molecule has 150 valence electrons. The Morgan fingerprint density at radius 1 is 1.11 bits per heavy atom. The molecule has 1 spiro atoms. The molecule has 0 aromatic heterocycles. The highest BCUT2D eigenvalue weighted by molar-refractivity contribution is 14.0. The third-order valence-electron chi connectivity index (χ3n) is 6.03. The normalized spacial score (nSPS) is 19.9. The van der Waals surface area contributed by atoms with Crippen molar-refractivity contribution >= 4 is 35.8 Å². The van der Waals surface area contributed by atoms with E-state index >= 15 is 0 Å². The summed E-state index contributed by atoms with van der Waals surface area (Å²) in [4.78, 5) is 18.2. The standard InChI is InChI=1S/C21H32N4O.HI/c1-23-20(24-15-17-7-9-18(10-8-17)19(22)26)25-14-6-13-21(16-25)11-4-2-3-5-12-21;/h7-10H,2-6,11-16H2,1H3,(H2,22,26)(H,23,24);1H. The first-order chi connectivity index (χ1) is 12.6. The zero-order valence-corrected chi connectivity index (χ0v) is 18.7. The molecule has 3 N–H and O–H groups in total. The summed E-state index contributed by atoms with van der Waals surface area (Å²) >= 11 is 0. The highest BCUT2D eigenvalue weighted by Gasteiger charge is 2.36. The lowest BCUT2D eigenvalue weighted by Gasteiger charge is -2.44. The summed E-state index contributed by atoms with van der Waals surface area (Å²) in [6, 6.07) is 7.46. The summed E-state index contributed by atoms with van der Waals surface area (Å²) in [5.74, 6) is 0.606. The second-order valence-corrected chi connectivity index (χ2v) is 7.90. The van der Waals surface area contributed by atoms with E-state index in [0.29, 0.717) is 17.5 Å². The number of likely N-dealkylation sites (tertiary alicyclic amines) is 1. The van der Waals surface area contributed by atoms with E-state index < -0.39 is 0 Å². The van der Waals surface area contributed by atoms with Crippen molar-refractivity contribution in [1.82, 2.24) is 10.2 Å². The van der Waals surface area contributed by atoms with E-state index in [0.717, 1.165) is 24.6 Å². The van der Waals surface area contributed by atoms with E-state index in [-0.39, 0.29) is 29.9 Å². The van der Waals surface area contributed by atoms with Crippen molar-refractivity contribution in [3.8, 4) is 0 Å². The van der Waals surface area contributed by atoms with E-state index in [2.05, 4.69) is 15.2 Å². The summed E-state index contributed by atoms with van der Waals surface area (Å²) in [5.41, 5.74) is 7.47. The number of amides is 1. The Hall–Kier alpha value is -1.31. The monoisotopic (exact) mass is 484 g/mol. The molecular formula is C21H33IN4O. The summed E-state index contributed by atoms with van der Waals surface area (Å²) < 4.78 is 0. The van der Waals surface area contributed by atoms with Crippen LogP contribution in [0.5, 0.6) is 0 Å². The third-order valence-corrected chi connectivity index (χ3v) is 6.03. The zero-order valence-electron chi connectivity index (χ0n) is 16.4. The fourth-order valence-corrected chi connectivity index (χ4v) is 4.58. The second-order valence-electron chi connectivity index (χ2n) is 7.90. The number of nitrogens with two attached hydrogens (primary N) is 1. The minimum Gasteiger partial charge on any atom is -0.366 e. The third kappa shape index (κ3) is 5.83. The first kappa shape index (κ1) is 22.0. The molecule has 1 aromatic rings. The van der Waals surface area contributed by atoms with Gasteiger partial charge in [0.1, 0.15) is 0 Å². The lowest BCUT2D eigenvalue weighted by atomic mass is 9.74. The summed E-state index contributed by atoms with van der Waals surface area (Å²) in [6.07, 6.45) is 10.9. The summed E-state index contributed by atoms with van der Waals surface area (Å²) in [7, 11) is 1.87. The average molecular weight is 484 g/mol. The predicted octanol–water partition coefficient (Wildman–Crippen LogP) is 3.92. The summed E-state index contributed by atoms with van der Waals surface area (Å²) in [6.45, 7) is 2.92. The number of benzene rings is 1. The van der Waals surface area contributed by atoms with Gasteiger partial charge < -0.3 is 16.0 Å². The maximum Gasteiger partial charge on any atom is 0.248 e. The van der Waals surface area contributed by atoms with Crippen LogP contribution in [0.2, 0.25) is 0 Å². The van der Waals surface area contributed by atoms with E-state index in [1.807, 2.05) is 19.2 Å². The maximum atomic E-state index is 11.2. The van der Waals surface area contributed by atoms with Gasteiger partial charge in [0.15, 0.2) is 5.96 Å². The van der Waals surface area contributed by atoms with Gasteiger partial charge in [-0.25, -0.2) is 0 Å². The maximum absolute atomic E-state index is 11.2. The van der Waals surface area contributed by atoms with Gasteiger partial charge in [0.05, 0.1) is 0 Å². The molecule has 6 heteroatoms. The second kappa shape index (κ2) is 10.3. The molecule has 1 amide bonds. The fraction of sp³-hybridized carbons (Fsp3) is 0.619. The number of carbonyl (C=O) groups excluding carboxylic acids is 1. The van der Waals surface area contributed by atoms with Gasteiger partial charge in [0, 0.05) is 32.2 Å². The van der Waals surface area contributed by atoms with Gasteiger partial charge >= 0.3 is 0 Å². The predicted molar refractivity (Wildman–Crippen MR) is 122 cm³/mol. The first-order valence-electron chi connectivity index (χ1n) is 9.96. The highest BCUT2D eigenvalue weighted by Crippen LogP contribution is 2.42. The molecular weight excluding hydrogens is 451 g/mol. The van der Waals surface area contributed by atoms with Gasteiger partial charge in [-0.2, -0.15) is 0 Å². The van der Waals surface area contributed by atoms with Crippen LogP contribution in [0, 0.1) is 5.41 Å². The largest absolute Gasteiger partial charge is 0.366 e. The van der Waals surface area contributed by atoms with Crippen LogP contribution in [0.15, 0.2) is 29.3 Å². The van der Waals surface area contributed by atoms with Crippen LogP contribution in [0.25, 0.3) is 0 Å². The molecule has 1 aliphatic heterocycles. The van der Waals surface area contributed by atoms with Gasteiger partial charge in [-0.15, -0.1) is 24.0 Å². The number of hydrogen-bond acceptors (Lipinski definition) is 2. The highest BCUT2D eigenvalue weighted by atomic mass is 127. The van der Waals surface area contributed by atoms with Crippen LogP contribution < -0.4 is 11.1 Å². The molecule has 1 saturated heterocycles. The van der Waals surface area contributed by atoms with Crippen molar-refractivity contribution in [2.24, 2.45) is 16.1 Å². The van der Waals surface area contributed by atoms with Gasteiger partial charge in [0.25, 0.3) is 0 Å². The van der Waals surface area contributed by atoms with Crippen molar-refractivity contribution in [1.29, 1.82) is 0 Å². The van der Waals surface area contributed by atoms with Gasteiger partial charge in [-0.3, -0.25) is 9.79 Å². The summed E-state index contributed by atoms with van der Waals surface area (Å²) in [5, 5.41) is 3.50. The van der Waals surface area contributed by atoms with Crippen molar-refractivity contribution in [3.05, 3.63) is 35.4 Å². The van der Waals surface area contributed by atoms with Crippen molar-refractivity contribution < 1.29 is 4.79 Å². The Balaban J connectivity index is 0.00000261. The van der Waals surface area contributed by atoms with Crippen LogP contribution in [-0.2, 0) is 6.54 Å². The topological polar surface area (TPSA) is 70.7 Å². The minimum atomic E-state index is -0.387. The molecule has 0 radical (unpaired) electrons. The molecule has 1 saturated carbocycles. The quantitative estimate of drug-likeness (QED) is 0.388. The van der Waals surface area contributed by atoms with Crippen molar-refractivity contribution in [3.63, 3.8) is 0 Å². The molecule has 1 heterocycles. The average Bonchev–Trinajstić information content (AvgIpc) is 2.88. The molecule has 1 aliphatic carbocycles. The lowest BCUT2D eigenvalue weighted by Crippen LogP contribution is -2.50. The van der Waals surface area contributed by atoms with Gasteiger partial charge in [-0.05, 0) is 48.8 Å². The van der Waals surface area contributed by atoms with Crippen LogP contribution >= 0.6 is 24.0 Å². The number of piperidine rings is 1. The Morgan fingerprint density at radius 3 is 2.33 bits per heavy atom. The number of primary amides is 1. The molecule has 27 heavy (non-hydrogen) atoms. The first-order valence-corrected chi connectivity index (χ1v) is 9.96. The molecule has 0 unspecified atom stereocenters. The Bertz CT molecular complexity index is 636. The smallest absolute Gasteiger partial charge is 0.248 e. The number of carbonyl (C=O) groups is 1. The Kier molecular flexibility index (Phi) is 8.38. The van der Waals surface area contributed by atoms with E-state index in [4.69, 9.17) is 5.73 Å². The molecule has 0 atom stereocenters. The number of hydrogen-bond donors (Lipinski definition) is 2. The number of halogens is 1. The Morgan fingerprint density at radius 2 is 1.74 bits per heavy atom. The molecule has 2 fully saturated rings. The van der Waals surface area contributed by atoms with E-state index in [1.54, 1.807) is 12.1 Å².